The van der Waals surface area contributed by atoms with Crippen LogP contribution in [0.2, 0.25) is 0 Å². The molecule has 96 valence electrons. The van der Waals surface area contributed by atoms with E-state index < -0.39 is 0 Å². The standard InChI is InChI=1S/C15H20N2O/c1-15(2)7-5-13(6-8-15)18-14-4-3-12(17)9-11(14)10-16/h3-4,9,13H,5-8,17H2,1-2H3. The molecule has 1 aromatic rings. The molecule has 1 aromatic carbocycles. The molecule has 1 aliphatic rings. The van der Waals surface area contributed by atoms with E-state index in [0.717, 1.165) is 12.8 Å². The van der Waals surface area contributed by atoms with Gasteiger partial charge in [-0.25, -0.2) is 0 Å². The van der Waals surface area contributed by atoms with Gasteiger partial charge in [-0.1, -0.05) is 13.8 Å². The Morgan fingerprint density at radius 3 is 2.61 bits per heavy atom. The van der Waals surface area contributed by atoms with Gasteiger partial charge in [0.05, 0.1) is 11.7 Å². The molecule has 0 unspecified atom stereocenters. The molecule has 0 saturated heterocycles. The lowest BCUT2D eigenvalue weighted by molar-refractivity contribution is 0.0985. The summed E-state index contributed by atoms with van der Waals surface area (Å²) >= 11 is 0. The number of benzene rings is 1. The summed E-state index contributed by atoms with van der Waals surface area (Å²) in [6.45, 7) is 4.60. The maximum atomic E-state index is 9.07. The molecule has 1 saturated carbocycles. The van der Waals surface area contributed by atoms with Gasteiger partial charge in [0.15, 0.2) is 0 Å². The summed E-state index contributed by atoms with van der Waals surface area (Å²) in [4.78, 5) is 0. The van der Waals surface area contributed by atoms with Crippen molar-refractivity contribution in [1.82, 2.24) is 0 Å². The third kappa shape index (κ3) is 2.95. The normalized spacial score (nSPS) is 19.2. The van der Waals surface area contributed by atoms with Crippen molar-refractivity contribution in [3.8, 4) is 11.8 Å². The Kier molecular flexibility index (Phi) is 3.47. The van der Waals surface area contributed by atoms with E-state index in [0.29, 0.717) is 22.4 Å². The Balaban J connectivity index is 2.05. The topological polar surface area (TPSA) is 59.0 Å². The number of nitrogens with two attached hydrogens (primary N) is 1. The van der Waals surface area contributed by atoms with Gasteiger partial charge in [0.25, 0.3) is 0 Å². The minimum Gasteiger partial charge on any atom is -0.489 e. The molecule has 2 rings (SSSR count). The van der Waals surface area contributed by atoms with Crippen LogP contribution >= 0.6 is 0 Å². The Morgan fingerprint density at radius 1 is 1.33 bits per heavy atom. The van der Waals surface area contributed by atoms with Crippen LogP contribution in [0.3, 0.4) is 0 Å². The monoisotopic (exact) mass is 244 g/mol. The van der Waals surface area contributed by atoms with E-state index in [4.69, 9.17) is 15.7 Å². The quantitative estimate of drug-likeness (QED) is 0.810. The van der Waals surface area contributed by atoms with Gasteiger partial charge in [-0.3, -0.25) is 0 Å². The second-order valence-corrected chi connectivity index (χ2v) is 5.85. The average molecular weight is 244 g/mol. The van der Waals surface area contributed by atoms with Gasteiger partial charge < -0.3 is 10.5 Å². The zero-order chi connectivity index (χ0) is 13.2. The van der Waals surface area contributed by atoms with Crippen molar-refractivity contribution < 1.29 is 4.74 Å². The Hall–Kier alpha value is -1.69. The highest BCUT2D eigenvalue weighted by Gasteiger charge is 2.28. The number of ether oxygens (including phenoxy) is 1. The van der Waals surface area contributed by atoms with Gasteiger partial charge >= 0.3 is 0 Å². The highest BCUT2D eigenvalue weighted by molar-refractivity contribution is 5.53. The number of hydrogen-bond donors (Lipinski definition) is 1. The van der Waals surface area contributed by atoms with E-state index in [1.54, 1.807) is 18.2 Å². The molecule has 0 bridgehead atoms. The van der Waals surface area contributed by atoms with E-state index in [1.807, 2.05) is 0 Å². The highest BCUT2D eigenvalue weighted by atomic mass is 16.5. The number of anilines is 1. The number of rotatable bonds is 2. The van der Waals surface area contributed by atoms with Crippen LogP contribution in [0.4, 0.5) is 5.69 Å². The highest BCUT2D eigenvalue weighted by Crippen LogP contribution is 2.37. The van der Waals surface area contributed by atoms with Crippen molar-refractivity contribution in [2.45, 2.75) is 45.6 Å². The first-order chi connectivity index (χ1) is 8.50. The van der Waals surface area contributed by atoms with Crippen LogP contribution in [0.1, 0.15) is 45.1 Å². The molecule has 1 fully saturated rings. The summed E-state index contributed by atoms with van der Waals surface area (Å²) < 4.78 is 5.95. The van der Waals surface area contributed by atoms with Crippen molar-refractivity contribution in [2.24, 2.45) is 5.41 Å². The molecule has 3 nitrogen and oxygen atoms in total. The smallest absolute Gasteiger partial charge is 0.137 e. The fraction of sp³-hybridized carbons (Fsp3) is 0.533. The first-order valence-corrected chi connectivity index (χ1v) is 6.46. The molecule has 0 amide bonds. The molecular weight excluding hydrogens is 224 g/mol. The van der Waals surface area contributed by atoms with E-state index in [1.165, 1.54) is 12.8 Å². The van der Waals surface area contributed by atoms with Gasteiger partial charge in [-0.15, -0.1) is 0 Å². The average Bonchev–Trinajstić information content (AvgIpc) is 2.34. The molecule has 2 N–H and O–H groups in total. The maximum Gasteiger partial charge on any atom is 0.137 e. The molecule has 0 spiro atoms. The fourth-order valence-corrected chi connectivity index (χ4v) is 2.41. The van der Waals surface area contributed by atoms with Crippen molar-refractivity contribution in [3.05, 3.63) is 23.8 Å². The molecule has 18 heavy (non-hydrogen) atoms. The van der Waals surface area contributed by atoms with Gasteiger partial charge in [0, 0.05) is 5.69 Å². The summed E-state index contributed by atoms with van der Waals surface area (Å²) in [5.41, 5.74) is 7.22. The molecular formula is C15H20N2O. The fourth-order valence-electron chi connectivity index (χ4n) is 2.41. The van der Waals surface area contributed by atoms with E-state index in [9.17, 15) is 0 Å². The van der Waals surface area contributed by atoms with Crippen LogP contribution in [0.5, 0.6) is 5.75 Å². The Bertz CT molecular complexity index is 464. The summed E-state index contributed by atoms with van der Waals surface area (Å²) in [6, 6.07) is 7.39. The van der Waals surface area contributed by atoms with Gasteiger partial charge in [0.2, 0.25) is 0 Å². The predicted molar refractivity (Wildman–Crippen MR) is 72.2 cm³/mol. The van der Waals surface area contributed by atoms with E-state index in [2.05, 4.69) is 19.9 Å². The minimum atomic E-state index is 0.230. The summed E-state index contributed by atoms with van der Waals surface area (Å²) in [7, 11) is 0. The Morgan fingerprint density at radius 2 is 2.00 bits per heavy atom. The van der Waals surface area contributed by atoms with Crippen LogP contribution in [-0.2, 0) is 0 Å². The number of hydrogen-bond acceptors (Lipinski definition) is 3. The molecule has 1 aliphatic carbocycles. The van der Waals surface area contributed by atoms with E-state index >= 15 is 0 Å². The molecule has 0 radical (unpaired) electrons. The van der Waals surface area contributed by atoms with E-state index in [-0.39, 0.29) is 6.10 Å². The van der Waals surface area contributed by atoms with Gasteiger partial charge in [0.1, 0.15) is 11.8 Å². The van der Waals surface area contributed by atoms with Gasteiger partial charge in [-0.2, -0.15) is 5.26 Å². The predicted octanol–water partition coefficient (Wildman–Crippen LogP) is 3.49. The summed E-state index contributed by atoms with van der Waals surface area (Å²) in [5.74, 6) is 0.663. The molecule has 0 atom stereocenters. The first kappa shape index (κ1) is 12.8. The largest absolute Gasteiger partial charge is 0.489 e. The van der Waals surface area contributed by atoms with Crippen molar-refractivity contribution in [2.75, 3.05) is 5.73 Å². The third-order valence-electron chi connectivity index (χ3n) is 3.70. The second kappa shape index (κ2) is 4.89. The maximum absolute atomic E-state index is 9.07. The zero-order valence-corrected chi connectivity index (χ0v) is 11.1. The summed E-state index contributed by atoms with van der Waals surface area (Å²) in [6.07, 6.45) is 4.70. The summed E-state index contributed by atoms with van der Waals surface area (Å²) in [5, 5.41) is 9.07. The van der Waals surface area contributed by atoms with Crippen LogP contribution in [-0.4, -0.2) is 6.10 Å². The minimum absolute atomic E-state index is 0.230. The lowest BCUT2D eigenvalue weighted by atomic mass is 9.76. The van der Waals surface area contributed by atoms with Crippen LogP contribution < -0.4 is 10.5 Å². The third-order valence-corrected chi connectivity index (χ3v) is 3.70. The first-order valence-electron chi connectivity index (χ1n) is 6.46. The Labute approximate surface area is 109 Å². The SMILES string of the molecule is CC1(C)CCC(Oc2ccc(N)cc2C#N)CC1. The molecule has 3 heteroatoms. The number of nitriles is 1. The number of nitrogen functional groups attached to an aromatic ring is 1. The number of nitrogens with zero attached hydrogens (tertiary/aromatic N) is 1. The van der Waals surface area contributed by atoms with Gasteiger partial charge in [-0.05, 0) is 49.3 Å². The lowest BCUT2D eigenvalue weighted by Gasteiger charge is -2.34. The van der Waals surface area contributed by atoms with Crippen LogP contribution in [0, 0.1) is 16.7 Å². The van der Waals surface area contributed by atoms with Crippen LogP contribution in [0.15, 0.2) is 18.2 Å². The van der Waals surface area contributed by atoms with Crippen molar-refractivity contribution in [3.63, 3.8) is 0 Å². The van der Waals surface area contributed by atoms with Crippen molar-refractivity contribution in [1.29, 1.82) is 5.26 Å². The van der Waals surface area contributed by atoms with Crippen molar-refractivity contribution >= 4 is 5.69 Å². The molecule has 0 aliphatic heterocycles. The zero-order valence-electron chi connectivity index (χ0n) is 11.1. The van der Waals surface area contributed by atoms with Crippen LogP contribution in [0.25, 0.3) is 0 Å². The lowest BCUT2D eigenvalue weighted by Crippen LogP contribution is -2.28. The second-order valence-electron chi connectivity index (χ2n) is 5.85. The molecule has 0 aromatic heterocycles. The molecule has 0 heterocycles.